The van der Waals surface area contributed by atoms with E-state index in [2.05, 4.69) is 43.5 Å². The highest BCUT2D eigenvalue weighted by molar-refractivity contribution is 5.76. The van der Waals surface area contributed by atoms with Gasteiger partial charge >= 0.3 is 5.97 Å². The number of carbonyl (C=O) groups is 2. The van der Waals surface area contributed by atoms with Gasteiger partial charge in [-0.3, -0.25) is 9.59 Å². The first-order chi connectivity index (χ1) is 42.5. The van der Waals surface area contributed by atoms with Gasteiger partial charge in [0, 0.05) is 12.8 Å². The van der Waals surface area contributed by atoms with E-state index in [1.807, 2.05) is 0 Å². The first-order valence-corrected chi connectivity index (χ1v) is 39.6. The Labute approximate surface area is 539 Å². The minimum absolute atomic E-state index is 0.0171. The van der Waals surface area contributed by atoms with Crippen LogP contribution in [0.25, 0.3) is 0 Å². The topological polar surface area (TPSA) is 95.9 Å². The number of hydrogen-bond donors (Lipinski definition) is 3. The van der Waals surface area contributed by atoms with Gasteiger partial charge in [-0.25, -0.2) is 0 Å². The molecule has 0 aliphatic rings. The van der Waals surface area contributed by atoms with Crippen LogP contribution in [0.2, 0.25) is 0 Å². The predicted octanol–water partition coefficient (Wildman–Crippen LogP) is 26.0. The Morgan fingerprint density at radius 1 is 0.326 bits per heavy atom. The summed E-state index contributed by atoms with van der Waals surface area (Å²) in [7, 11) is 0. The molecule has 0 fully saturated rings. The number of amides is 1. The van der Waals surface area contributed by atoms with Gasteiger partial charge in [0.15, 0.2) is 0 Å². The minimum Gasteiger partial charge on any atom is -0.466 e. The predicted molar refractivity (Wildman–Crippen MR) is 380 cm³/mol. The Kier molecular flexibility index (Phi) is 74.3. The van der Waals surface area contributed by atoms with Gasteiger partial charge in [-0.05, 0) is 57.8 Å². The van der Waals surface area contributed by atoms with Crippen molar-refractivity contribution in [1.29, 1.82) is 0 Å². The van der Waals surface area contributed by atoms with Crippen molar-refractivity contribution in [3.05, 3.63) is 24.3 Å². The van der Waals surface area contributed by atoms with Gasteiger partial charge in [-0.15, -0.1) is 0 Å². The number of nitrogens with one attached hydrogen (secondary N) is 1. The maximum atomic E-state index is 12.6. The summed E-state index contributed by atoms with van der Waals surface area (Å²) in [5, 5.41) is 23.5. The zero-order valence-electron chi connectivity index (χ0n) is 58.6. The first kappa shape index (κ1) is 84.3. The van der Waals surface area contributed by atoms with Crippen LogP contribution in [0.4, 0.5) is 0 Å². The summed E-state index contributed by atoms with van der Waals surface area (Å²) in [5.74, 6) is -0.0134. The summed E-state index contributed by atoms with van der Waals surface area (Å²) in [6.45, 7) is 5.01. The molecule has 6 nitrogen and oxygen atoms in total. The fraction of sp³-hybridized carbons (Fsp3) is 0.925. The van der Waals surface area contributed by atoms with E-state index < -0.39 is 12.1 Å². The standard InChI is InChI=1S/C80H155NO5/c1-3-5-7-9-11-13-15-17-19-21-22-23-31-34-37-41-44-48-52-56-60-64-68-72-78(83)77(76-82)81-79(84)73-69-65-61-57-53-49-45-42-38-35-32-29-27-25-24-26-28-30-33-36-39-43-47-51-55-59-63-67-71-75-86-80(85)74-70-66-62-58-54-50-46-40-20-18-16-14-12-10-8-6-4-2/h24,26,30,33,77-78,82-83H,3-23,25,27-29,31-32,34-76H2,1-2H3,(H,81,84)/b26-24-,33-30-. The monoisotopic (exact) mass is 1210 g/mol. The van der Waals surface area contributed by atoms with Crippen LogP contribution >= 0.6 is 0 Å². The average molecular weight is 1210 g/mol. The van der Waals surface area contributed by atoms with Crippen LogP contribution in [0.3, 0.4) is 0 Å². The number of esters is 1. The van der Waals surface area contributed by atoms with E-state index in [0.717, 1.165) is 44.9 Å². The molecule has 0 aromatic rings. The van der Waals surface area contributed by atoms with Gasteiger partial charge in [0.1, 0.15) is 0 Å². The number of aliphatic hydroxyl groups is 2. The van der Waals surface area contributed by atoms with E-state index in [0.29, 0.717) is 25.9 Å². The second-order valence-electron chi connectivity index (χ2n) is 27.4. The van der Waals surface area contributed by atoms with Crippen LogP contribution in [0, 0.1) is 0 Å². The van der Waals surface area contributed by atoms with Crippen molar-refractivity contribution in [2.75, 3.05) is 13.2 Å². The number of unbranched alkanes of at least 4 members (excludes halogenated alkanes) is 60. The number of rotatable bonds is 75. The Morgan fingerprint density at radius 3 is 0.884 bits per heavy atom. The van der Waals surface area contributed by atoms with Crippen molar-refractivity contribution < 1.29 is 24.5 Å². The number of ether oxygens (including phenoxy) is 1. The van der Waals surface area contributed by atoms with Gasteiger partial charge in [0.25, 0.3) is 0 Å². The molecule has 0 spiro atoms. The maximum Gasteiger partial charge on any atom is 0.305 e. The molecule has 0 aromatic carbocycles. The second kappa shape index (κ2) is 75.8. The average Bonchev–Trinajstić information content (AvgIpc) is 3.59. The Bertz CT molecular complexity index is 1350. The van der Waals surface area contributed by atoms with Gasteiger partial charge in [-0.2, -0.15) is 0 Å². The zero-order valence-corrected chi connectivity index (χ0v) is 58.6. The van der Waals surface area contributed by atoms with Crippen LogP contribution in [0.1, 0.15) is 450 Å². The van der Waals surface area contributed by atoms with Crippen LogP contribution < -0.4 is 5.32 Å². The zero-order chi connectivity index (χ0) is 62.0. The molecule has 0 radical (unpaired) electrons. The fourth-order valence-electron chi connectivity index (χ4n) is 12.7. The summed E-state index contributed by atoms with van der Waals surface area (Å²) >= 11 is 0. The normalized spacial score (nSPS) is 12.6. The molecule has 0 aromatic heterocycles. The van der Waals surface area contributed by atoms with Crippen LogP contribution in [-0.4, -0.2) is 47.4 Å². The van der Waals surface area contributed by atoms with E-state index >= 15 is 0 Å². The van der Waals surface area contributed by atoms with Crippen molar-refractivity contribution in [2.24, 2.45) is 0 Å². The molecule has 0 rings (SSSR count). The van der Waals surface area contributed by atoms with Crippen LogP contribution in [0.5, 0.6) is 0 Å². The van der Waals surface area contributed by atoms with Gasteiger partial charge in [-0.1, -0.05) is 404 Å². The smallest absolute Gasteiger partial charge is 0.305 e. The number of allylic oxidation sites excluding steroid dienone is 4. The van der Waals surface area contributed by atoms with Crippen molar-refractivity contribution >= 4 is 11.9 Å². The number of aliphatic hydroxyl groups excluding tert-OH is 2. The molecule has 0 aliphatic heterocycles. The van der Waals surface area contributed by atoms with Crippen molar-refractivity contribution in [1.82, 2.24) is 5.32 Å². The van der Waals surface area contributed by atoms with Crippen LogP contribution in [0.15, 0.2) is 24.3 Å². The number of carbonyl (C=O) groups excluding carboxylic acids is 2. The quantitative estimate of drug-likeness (QED) is 0.0320. The number of hydrogen-bond acceptors (Lipinski definition) is 5. The molecular formula is C80H155NO5. The van der Waals surface area contributed by atoms with Gasteiger partial charge < -0.3 is 20.3 Å². The molecule has 0 bridgehead atoms. The molecule has 86 heavy (non-hydrogen) atoms. The fourth-order valence-corrected chi connectivity index (χ4v) is 12.7. The molecule has 6 heteroatoms. The molecule has 510 valence electrons. The lowest BCUT2D eigenvalue weighted by Gasteiger charge is -2.22. The van der Waals surface area contributed by atoms with Gasteiger partial charge in [0.05, 0.1) is 25.4 Å². The van der Waals surface area contributed by atoms with Crippen molar-refractivity contribution in [2.45, 2.75) is 463 Å². The third-order valence-electron chi connectivity index (χ3n) is 18.8. The Hall–Kier alpha value is -1.66. The Balaban J connectivity index is 3.39. The minimum atomic E-state index is -0.666. The van der Waals surface area contributed by atoms with Gasteiger partial charge in [0.2, 0.25) is 5.91 Å². The van der Waals surface area contributed by atoms with E-state index in [9.17, 15) is 19.8 Å². The summed E-state index contributed by atoms with van der Waals surface area (Å²) in [6.07, 6.45) is 96.9. The van der Waals surface area contributed by atoms with E-state index in [1.165, 1.54) is 372 Å². The largest absolute Gasteiger partial charge is 0.466 e. The van der Waals surface area contributed by atoms with Crippen LogP contribution in [-0.2, 0) is 14.3 Å². The molecule has 3 N–H and O–H groups in total. The van der Waals surface area contributed by atoms with E-state index in [-0.39, 0.29) is 18.5 Å². The summed E-state index contributed by atoms with van der Waals surface area (Å²) in [5.41, 5.74) is 0. The summed E-state index contributed by atoms with van der Waals surface area (Å²) in [4.78, 5) is 24.7. The molecule has 2 unspecified atom stereocenters. The summed E-state index contributed by atoms with van der Waals surface area (Å²) < 4.78 is 5.51. The first-order valence-electron chi connectivity index (χ1n) is 39.6. The molecule has 0 aliphatic carbocycles. The SMILES string of the molecule is CCCCCCCCCCCCCCCCCCCCCCCCCC(O)C(CO)NC(=O)CCCCCCCCCCCCCCC/C=C\C/C=C\CCCCCCCCCCCOC(=O)CCCCCCCCCCCCCCCCCCC. The third kappa shape index (κ3) is 71.4. The molecule has 2 atom stereocenters. The van der Waals surface area contributed by atoms with E-state index in [1.54, 1.807) is 0 Å². The lowest BCUT2D eigenvalue weighted by atomic mass is 10.0. The highest BCUT2D eigenvalue weighted by Gasteiger charge is 2.20. The molecule has 0 heterocycles. The van der Waals surface area contributed by atoms with Crippen molar-refractivity contribution in [3.63, 3.8) is 0 Å². The lowest BCUT2D eigenvalue weighted by Crippen LogP contribution is -2.45. The van der Waals surface area contributed by atoms with E-state index in [4.69, 9.17) is 4.74 Å². The molecule has 1 amide bonds. The van der Waals surface area contributed by atoms with Crippen molar-refractivity contribution in [3.8, 4) is 0 Å². The third-order valence-corrected chi connectivity index (χ3v) is 18.8. The second-order valence-corrected chi connectivity index (χ2v) is 27.4. The summed E-state index contributed by atoms with van der Waals surface area (Å²) in [6, 6.07) is -0.544. The highest BCUT2D eigenvalue weighted by atomic mass is 16.5. The molecular weight excluding hydrogens is 1050 g/mol. The molecule has 0 saturated heterocycles. The lowest BCUT2D eigenvalue weighted by molar-refractivity contribution is -0.143. The highest BCUT2D eigenvalue weighted by Crippen LogP contribution is 2.20. The Morgan fingerprint density at radius 2 is 0.581 bits per heavy atom. The maximum absolute atomic E-state index is 12.6. The molecule has 0 saturated carbocycles.